The van der Waals surface area contributed by atoms with Gasteiger partial charge < -0.3 is 0 Å². The predicted octanol–water partition coefficient (Wildman–Crippen LogP) is 4.09. The van der Waals surface area contributed by atoms with Crippen molar-refractivity contribution >= 4 is 27.4 Å². The zero-order chi connectivity index (χ0) is 18.7. The van der Waals surface area contributed by atoms with E-state index in [4.69, 9.17) is 11.6 Å². The number of hydrogen-bond acceptors (Lipinski definition) is 3. The fraction of sp³-hybridized carbons (Fsp3) is 0.167. The first-order valence-electron chi connectivity index (χ1n) is 7.97. The van der Waals surface area contributed by atoms with Gasteiger partial charge in [-0.1, -0.05) is 36.7 Å². The van der Waals surface area contributed by atoms with Gasteiger partial charge in [0.05, 0.1) is 11.4 Å². The number of sulfonamides is 1. The molecule has 0 unspecified atom stereocenters. The van der Waals surface area contributed by atoms with Crippen molar-refractivity contribution in [2.75, 3.05) is 4.72 Å². The van der Waals surface area contributed by atoms with Crippen LogP contribution in [0.15, 0.2) is 59.6 Å². The van der Waals surface area contributed by atoms with Crippen LogP contribution in [0.4, 0.5) is 10.2 Å². The Kier molecular flexibility index (Phi) is 5.29. The van der Waals surface area contributed by atoms with Crippen molar-refractivity contribution in [3.63, 3.8) is 0 Å². The molecule has 3 aromatic rings. The van der Waals surface area contributed by atoms with Gasteiger partial charge in [-0.3, -0.25) is 9.40 Å². The molecule has 26 heavy (non-hydrogen) atoms. The second-order valence-electron chi connectivity index (χ2n) is 5.70. The van der Waals surface area contributed by atoms with Crippen LogP contribution >= 0.6 is 11.6 Å². The Morgan fingerprint density at radius 1 is 1.15 bits per heavy atom. The van der Waals surface area contributed by atoms with Gasteiger partial charge in [-0.2, -0.15) is 5.10 Å². The molecular formula is C18H17ClFN3O2S. The van der Waals surface area contributed by atoms with Crippen LogP contribution in [0, 0.1) is 5.82 Å². The molecule has 0 saturated heterocycles. The van der Waals surface area contributed by atoms with E-state index in [-0.39, 0.29) is 17.3 Å². The van der Waals surface area contributed by atoms with Crippen molar-refractivity contribution in [3.8, 4) is 0 Å². The molecule has 5 nitrogen and oxygen atoms in total. The van der Waals surface area contributed by atoms with Crippen molar-refractivity contribution in [3.05, 3.63) is 76.7 Å². The summed E-state index contributed by atoms with van der Waals surface area (Å²) >= 11 is 6.00. The summed E-state index contributed by atoms with van der Waals surface area (Å²) in [5.41, 5.74) is 1.34. The average Bonchev–Trinajstić information content (AvgIpc) is 3.05. The number of nitrogens with one attached hydrogen (secondary N) is 1. The lowest BCUT2D eigenvalue weighted by atomic mass is 10.2. The molecule has 0 saturated carbocycles. The summed E-state index contributed by atoms with van der Waals surface area (Å²) in [7, 11) is -3.74. The maximum atomic E-state index is 13.9. The van der Waals surface area contributed by atoms with E-state index in [1.807, 2.05) is 6.92 Å². The van der Waals surface area contributed by atoms with E-state index in [0.717, 1.165) is 12.0 Å². The smallest absolute Gasteiger partial charge is 0.263 e. The first kappa shape index (κ1) is 18.4. The molecule has 2 aromatic carbocycles. The number of hydrogen-bond donors (Lipinski definition) is 1. The highest BCUT2D eigenvalue weighted by Gasteiger charge is 2.16. The van der Waals surface area contributed by atoms with Crippen LogP contribution in [0.25, 0.3) is 0 Å². The lowest BCUT2D eigenvalue weighted by Gasteiger charge is -2.07. The molecule has 0 aliphatic heterocycles. The highest BCUT2D eigenvalue weighted by atomic mass is 35.5. The van der Waals surface area contributed by atoms with Crippen molar-refractivity contribution in [2.45, 2.75) is 24.8 Å². The van der Waals surface area contributed by atoms with Crippen molar-refractivity contribution in [1.82, 2.24) is 9.78 Å². The third-order valence-corrected chi connectivity index (χ3v) is 5.63. The third-order valence-electron chi connectivity index (χ3n) is 3.90. The minimum absolute atomic E-state index is 0.0957. The molecule has 3 rings (SSSR count). The Hall–Kier alpha value is -2.38. The molecule has 1 N–H and O–H groups in total. The molecule has 0 atom stereocenters. The summed E-state index contributed by atoms with van der Waals surface area (Å²) in [4.78, 5) is 0.154. The van der Waals surface area contributed by atoms with Gasteiger partial charge >= 0.3 is 0 Å². The van der Waals surface area contributed by atoms with Crippen LogP contribution in [-0.2, 0) is 23.0 Å². The molecule has 0 spiro atoms. The molecule has 8 heteroatoms. The Morgan fingerprint density at radius 2 is 1.88 bits per heavy atom. The maximum Gasteiger partial charge on any atom is 0.263 e. The highest BCUT2D eigenvalue weighted by Crippen LogP contribution is 2.21. The summed E-state index contributed by atoms with van der Waals surface area (Å²) < 4.78 is 42.6. The molecule has 136 valence electrons. The van der Waals surface area contributed by atoms with Gasteiger partial charge in [0.15, 0.2) is 5.82 Å². The molecule has 0 bridgehead atoms. The maximum absolute atomic E-state index is 13.9. The molecule has 1 aromatic heterocycles. The lowest BCUT2D eigenvalue weighted by molar-refractivity contribution is 0.585. The molecule has 0 aliphatic carbocycles. The van der Waals surface area contributed by atoms with Gasteiger partial charge in [0, 0.05) is 22.8 Å². The molecule has 1 heterocycles. The Bertz CT molecular complexity index is 997. The number of benzene rings is 2. The monoisotopic (exact) mass is 393 g/mol. The van der Waals surface area contributed by atoms with Gasteiger partial charge in [-0.05, 0) is 36.2 Å². The van der Waals surface area contributed by atoms with Gasteiger partial charge in [-0.15, -0.1) is 0 Å². The number of aromatic nitrogens is 2. The Morgan fingerprint density at radius 3 is 2.54 bits per heavy atom. The Balaban J connectivity index is 1.77. The van der Waals surface area contributed by atoms with E-state index in [0.29, 0.717) is 10.6 Å². The molecule has 0 aliphatic rings. The minimum Gasteiger partial charge on any atom is -0.266 e. The van der Waals surface area contributed by atoms with Crippen molar-refractivity contribution in [2.24, 2.45) is 0 Å². The first-order valence-corrected chi connectivity index (χ1v) is 9.83. The van der Waals surface area contributed by atoms with Gasteiger partial charge in [0.1, 0.15) is 5.82 Å². The molecule has 0 fully saturated rings. The van der Waals surface area contributed by atoms with E-state index in [1.54, 1.807) is 36.5 Å². The van der Waals surface area contributed by atoms with Crippen LogP contribution in [0.2, 0.25) is 5.02 Å². The quantitative estimate of drug-likeness (QED) is 0.686. The average molecular weight is 394 g/mol. The third kappa shape index (κ3) is 4.05. The summed E-state index contributed by atoms with van der Waals surface area (Å²) in [6.45, 7) is 2.09. The number of aryl methyl sites for hydroxylation is 1. The molecule has 0 amide bonds. The minimum atomic E-state index is -3.74. The zero-order valence-corrected chi connectivity index (χ0v) is 15.6. The van der Waals surface area contributed by atoms with E-state index < -0.39 is 15.8 Å². The van der Waals surface area contributed by atoms with E-state index in [1.165, 1.54) is 22.9 Å². The second-order valence-corrected chi connectivity index (χ2v) is 7.79. The number of rotatable bonds is 6. The largest absolute Gasteiger partial charge is 0.266 e. The van der Waals surface area contributed by atoms with E-state index in [2.05, 4.69) is 9.82 Å². The SMILES string of the molecule is CCc1ccc(S(=O)(=O)Nc2ccn(Cc3c(F)cccc3Cl)n2)cc1. The van der Waals surface area contributed by atoms with Crippen LogP contribution in [0.5, 0.6) is 0 Å². The van der Waals surface area contributed by atoms with Crippen LogP contribution in [0.1, 0.15) is 18.1 Å². The predicted molar refractivity (Wildman–Crippen MR) is 99.4 cm³/mol. The second kappa shape index (κ2) is 7.47. The Labute approximate surface area is 156 Å². The lowest BCUT2D eigenvalue weighted by Crippen LogP contribution is -2.14. The van der Waals surface area contributed by atoms with Crippen LogP contribution in [0.3, 0.4) is 0 Å². The van der Waals surface area contributed by atoms with Gasteiger partial charge in [-0.25, -0.2) is 12.8 Å². The number of anilines is 1. The topological polar surface area (TPSA) is 64.0 Å². The number of nitrogens with zero attached hydrogens (tertiary/aromatic N) is 2. The number of halogens is 2. The molecular weight excluding hydrogens is 377 g/mol. The van der Waals surface area contributed by atoms with Crippen molar-refractivity contribution < 1.29 is 12.8 Å². The first-order chi connectivity index (χ1) is 12.4. The standard InChI is InChI=1S/C18H17ClFN3O2S/c1-2-13-6-8-14(9-7-13)26(24,25)22-18-10-11-23(21-18)12-15-16(19)4-3-5-17(15)20/h3-11H,2,12H2,1H3,(H,21,22). The van der Waals surface area contributed by atoms with Crippen molar-refractivity contribution in [1.29, 1.82) is 0 Å². The summed E-state index contributed by atoms with van der Waals surface area (Å²) in [6, 6.07) is 12.6. The van der Waals surface area contributed by atoms with E-state index >= 15 is 0 Å². The fourth-order valence-electron chi connectivity index (χ4n) is 2.45. The van der Waals surface area contributed by atoms with Gasteiger partial charge in [0.25, 0.3) is 10.0 Å². The molecule has 0 radical (unpaired) electrons. The normalized spacial score (nSPS) is 11.5. The van der Waals surface area contributed by atoms with Gasteiger partial charge in [0.2, 0.25) is 0 Å². The highest BCUT2D eigenvalue weighted by molar-refractivity contribution is 7.92. The summed E-state index contributed by atoms with van der Waals surface area (Å²) in [5, 5.41) is 4.42. The van der Waals surface area contributed by atoms with E-state index in [9.17, 15) is 12.8 Å². The zero-order valence-electron chi connectivity index (χ0n) is 14.0. The van der Waals surface area contributed by atoms with Crippen LogP contribution < -0.4 is 4.72 Å². The fourth-order valence-corrected chi connectivity index (χ4v) is 3.67. The summed E-state index contributed by atoms with van der Waals surface area (Å²) in [5.74, 6) is -0.289. The summed E-state index contributed by atoms with van der Waals surface area (Å²) in [6.07, 6.45) is 2.39. The van der Waals surface area contributed by atoms with Crippen LogP contribution in [-0.4, -0.2) is 18.2 Å².